The highest BCUT2D eigenvalue weighted by Gasteiger charge is 2.32. The Morgan fingerprint density at radius 1 is 0.861 bits per heavy atom. The zero-order chi connectivity index (χ0) is 25.3. The van der Waals surface area contributed by atoms with Crippen molar-refractivity contribution < 1.29 is 9.59 Å². The molecule has 0 bridgehead atoms. The van der Waals surface area contributed by atoms with Crippen molar-refractivity contribution in [2.45, 2.75) is 57.9 Å². The van der Waals surface area contributed by atoms with Gasteiger partial charge in [0.25, 0.3) is 0 Å². The molecule has 0 saturated carbocycles. The van der Waals surface area contributed by atoms with Crippen molar-refractivity contribution in [2.75, 3.05) is 19.6 Å². The quantitative estimate of drug-likeness (QED) is 0.315. The van der Waals surface area contributed by atoms with Crippen LogP contribution >= 0.6 is 0 Å². The first-order valence-corrected chi connectivity index (χ1v) is 13.4. The van der Waals surface area contributed by atoms with Gasteiger partial charge in [0.05, 0.1) is 18.5 Å². The lowest BCUT2D eigenvalue weighted by Gasteiger charge is -2.37. The van der Waals surface area contributed by atoms with Gasteiger partial charge in [-0.1, -0.05) is 111 Å². The summed E-state index contributed by atoms with van der Waals surface area (Å²) in [4.78, 5) is 31.6. The molecule has 1 aliphatic heterocycles. The standard InChI is InChI=1S/C32H38N2O2/c1-3-4-5-14-22-33(24-30(35)34-23-21-26-15-12-13-20-29(26)25(34)2)32(36)31(27-16-8-6-9-17-27)28-18-10-7-11-19-28/h6-13,15-20,25,31H,3-5,14,21-24H2,1-2H3. The molecule has 1 unspecified atom stereocenters. The molecule has 0 saturated heterocycles. The Morgan fingerprint density at radius 2 is 1.47 bits per heavy atom. The molecule has 0 N–H and O–H groups in total. The Hall–Kier alpha value is -3.40. The molecule has 0 radical (unpaired) electrons. The lowest BCUT2D eigenvalue weighted by Crippen LogP contribution is -2.47. The number of carbonyl (C=O) groups excluding carboxylic acids is 2. The van der Waals surface area contributed by atoms with Crippen molar-refractivity contribution in [3.05, 3.63) is 107 Å². The SMILES string of the molecule is CCCCCCN(CC(=O)N1CCc2ccccc2C1C)C(=O)C(c1ccccc1)c1ccccc1. The van der Waals surface area contributed by atoms with Crippen LogP contribution in [0.3, 0.4) is 0 Å². The number of amides is 2. The van der Waals surface area contributed by atoms with Crippen molar-refractivity contribution >= 4 is 11.8 Å². The fourth-order valence-corrected chi connectivity index (χ4v) is 5.31. The lowest BCUT2D eigenvalue weighted by molar-refractivity contribution is -0.142. The largest absolute Gasteiger partial charge is 0.334 e. The van der Waals surface area contributed by atoms with Gasteiger partial charge in [-0.15, -0.1) is 0 Å². The van der Waals surface area contributed by atoms with Crippen LogP contribution < -0.4 is 0 Å². The number of unbranched alkanes of at least 4 members (excludes halogenated alkanes) is 3. The Kier molecular flexibility index (Phi) is 8.94. The summed E-state index contributed by atoms with van der Waals surface area (Å²) < 4.78 is 0. The van der Waals surface area contributed by atoms with Crippen molar-refractivity contribution in [1.82, 2.24) is 9.80 Å². The monoisotopic (exact) mass is 482 g/mol. The van der Waals surface area contributed by atoms with E-state index in [1.165, 1.54) is 11.1 Å². The summed E-state index contributed by atoms with van der Waals surface area (Å²) in [6, 6.07) is 28.3. The molecule has 4 nitrogen and oxygen atoms in total. The molecule has 1 atom stereocenters. The van der Waals surface area contributed by atoms with E-state index in [9.17, 15) is 9.59 Å². The van der Waals surface area contributed by atoms with E-state index < -0.39 is 5.92 Å². The first kappa shape index (κ1) is 25.7. The second-order valence-corrected chi connectivity index (χ2v) is 9.79. The van der Waals surface area contributed by atoms with E-state index in [0.29, 0.717) is 13.1 Å². The van der Waals surface area contributed by atoms with Crippen molar-refractivity contribution in [2.24, 2.45) is 0 Å². The van der Waals surface area contributed by atoms with Gasteiger partial charge < -0.3 is 9.80 Å². The Labute approximate surface area is 215 Å². The van der Waals surface area contributed by atoms with Crippen LogP contribution in [0, 0.1) is 0 Å². The van der Waals surface area contributed by atoms with Crippen molar-refractivity contribution in [3.63, 3.8) is 0 Å². The topological polar surface area (TPSA) is 40.6 Å². The van der Waals surface area contributed by atoms with E-state index >= 15 is 0 Å². The third-order valence-electron chi connectivity index (χ3n) is 7.35. The van der Waals surface area contributed by atoms with Crippen LogP contribution in [0.25, 0.3) is 0 Å². The molecule has 0 fully saturated rings. The number of nitrogens with zero attached hydrogens (tertiary/aromatic N) is 2. The number of rotatable bonds is 10. The number of benzene rings is 3. The molecule has 4 rings (SSSR count). The Bertz CT molecular complexity index is 1090. The molecular formula is C32H38N2O2. The van der Waals surface area contributed by atoms with Gasteiger partial charge in [-0.05, 0) is 42.0 Å². The van der Waals surface area contributed by atoms with Crippen LogP contribution in [0.1, 0.15) is 73.7 Å². The van der Waals surface area contributed by atoms with E-state index in [-0.39, 0.29) is 24.4 Å². The minimum Gasteiger partial charge on any atom is -0.334 e. The van der Waals surface area contributed by atoms with E-state index in [1.54, 1.807) is 0 Å². The average Bonchev–Trinajstić information content (AvgIpc) is 2.92. The molecule has 188 valence electrons. The minimum absolute atomic E-state index is 0.00214. The third kappa shape index (κ3) is 6.04. The highest BCUT2D eigenvalue weighted by atomic mass is 16.2. The molecule has 36 heavy (non-hydrogen) atoms. The van der Waals surface area contributed by atoms with Gasteiger partial charge in [-0.2, -0.15) is 0 Å². The summed E-state index contributed by atoms with van der Waals surface area (Å²) in [6.07, 6.45) is 5.09. The number of hydrogen-bond donors (Lipinski definition) is 0. The predicted molar refractivity (Wildman–Crippen MR) is 146 cm³/mol. The molecule has 1 aliphatic rings. The summed E-state index contributed by atoms with van der Waals surface area (Å²) in [6.45, 7) is 5.69. The van der Waals surface area contributed by atoms with Crippen LogP contribution in [0.15, 0.2) is 84.9 Å². The lowest BCUT2D eigenvalue weighted by atomic mass is 9.89. The highest BCUT2D eigenvalue weighted by molar-refractivity contribution is 5.91. The van der Waals surface area contributed by atoms with Gasteiger partial charge in [0.1, 0.15) is 0 Å². The predicted octanol–water partition coefficient (Wildman–Crippen LogP) is 6.37. The Balaban J connectivity index is 1.58. The van der Waals surface area contributed by atoms with Gasteiger partial charge >= 0.3 is 0 Å². The maximum Gasteiger partial charge on any atom is 0.242 e. The molecular weight excluding hydrogens is 444 g/mol. The van der Waals surface area contributed by atoms with Gasteiger partial charge in [0.15, 0.2) is 0 Å². The van der Waals surface area contributed by atoms with Crippen LogP contribution in [-0.2, 0) is 16.0 Å². The number of hydrogen-bond acceptors (Lipinski definition) is 2. The summed E-state index contributed by atoms with van der Waals surface area (Å²) in [5.74, 6) is -0.395. The minimum atomic E-state index is -0.425. The Morgan fingerprint density at radius 3 is 2.11 bits per heavy atom. The van der Waals surface area contributed by atoms with Gasteiger partial charge in [0.2, 0.25) is 11.8 Å². The van der Waals surface area contributed by atoms with Crippen molar-refractivity contribution in [1.29, 1.82) is 0 Å². The first-order chi connectivity index (χ1) is 17.6. The molecule has 2 amide bonds. The second-order valence-electron chi connectivity index (χ2n) is 9.79. The average molecular weight is 483 g/mol. The number of fused-ring (bicyclic) bond motifs is 1. The molecule has 3 aromatic carbocycles. The molecule has 0 aromatic heterocycles. The summed E-state index contributed by atoms with van der Waals surface area (Å²) in [5, 5.41) is 0. The van der Waals surface area contributed by atoms with Gasteiger partial charge in [0, 0.05) is 13.1 Å². The normalized spacial score (nSPS) is 15.0. The third-order valence-corrected chi connectivity index (χ3v) is 7.35. The van der Waals surface area contributed by atoms with E-state index in [2.05, 4.69) is 32.0 Å². The van der Waals surface area contributed by atoms with E-state index in [0.717, 1.165) is 43.2 Å². The molecule has 0 spiro atoms. The fourth-order valence-electron chi connectivity index (χ4n) is 5.31. The first-order valence-electron chi connectivity index (χ1n) is 13.4. The molecule has 3 aromatic rings. The summed E-state index contributed by atoms with van der Waals surface area (Å²) >= 11 is 0. The zero-order valence-electron chi connectivity index (χ0n) is 21.6. The molecule has 1 heterocycles. The summed E-state index contributed by atoms with van der Waals surface area (Å²) in [7, 11) is 0. The van der Waals surface area contributed by atoms with Gasteiger partial charge in [-0.25, -0.2) is 0 Å². The second kappa shape index (κ2) is 12.5. The maximum atomic E-state index is 14.2. The highest BCUT2D eigenvalue weighted by Crippen LogP contribution is 2.30. The van der Waals surface area contributed by atoms with E-state index in [1.807, 2.05) is 76.5 Å². The van der Waals surface area contributed by atoms with Crippen LogP contribution in [0.2, 0.25) is 0 Å². The maximum absolute atomic E-state index is 14.2. The van der Waals surface area contributed by atoms with E-state index in [4.69, 9.17) is 0 Å². The van der Waals surface area contributed by atoms with Crippen LogP contribution in [0.4, 0.5) is 0 Å². The molecule has 4 heteroatoms. The fraction of sp³-hybridized carbons (Fsp3) is 0.375. The van der Waals surface area contributed by atoms with Crippen LogP contribution in [-0.4, -0.2) is 41.2 Å². The van der Waals surface area contributed by atoms with Crippen molar-refractivity contribution in [3.8, 4) is 0 Å². The molecule has 0 aliphatic carbocycles. The van der Waals surface area contributed by atoms with Crippen LogP contribution in [0.5, 0.6) is 0 Å². The zero-order valence-corrected chi connectivity index (χ0v) is 21.6. The summed E-state index contributed by atoms with van der Waals surface area (Å²) in [5.41, 5.74) is 4.44. The number of carbonyl (C=O) groups is 2. The smallest absolute Gasteiger partial charge is 0.242 e. The van der Waals surface area contributed by atoms with Gasteiger partial charge in [-0.3, -0.25) is 9.59 Å².